The van der Waals surface area contributed by atoms with E-state index in [2.05, 4.69) is 10.3 Å². The van der Waals surface area contributed by atoms with Crippen LogP contribution in [0.1, 0.15) is 11.7 Å². The molecule has 0 aliphatic heterocycles. The maximum atomic E-state index is 12.8. The lowest BCUT2D eigenvalue weighted by atomic mass is 9.94. The monoisotopic (exact) mass is 366 g/mol. The number of rotatable bonds is 7. The van der Waals surface area contributed by atoms with Gasteiger partial charge in [-0.2, -0.15) is 0 Å². The minimum Gasteiger partial charge on any atom is -0.330 e. The van der Waals surface area contributed by atoms with Crippen LogP contribution in [0, 0.1) is 16.0 Å². The van der Waals surface area contributed by atoms with Crippen LogP contribution in [0.5, 0.6) is 0 Å². The predicted octanol–water partition coefficient (Wildman–Crippen LogP) is 2.70. The van der Waals surface area contributed by atoms with Crippen LogP contribution in [0.15, 0.2) is 67.0 Å². The zero-order valence-electron chi connectivity index (χ0n) is 14.3. The van der Waals surface area contributed by atoms with Gasteiger partial charge in [-0.1, -0.05) is 36.4 Å². The zero-order chi connectivity index (χ0) is 19.2. The summed E-state index contributed by atoms with van der Waals surface area (Å²) < 4.78 is 0. The molecule has 1 amide bonds. The second-order valence-corrected chi connectivity index (χ2v) is 5.93. The minimum atomic E-state index is -1.10. The van der Waals surface area contributed by atoms with Gasteiger partial charge >= 0.3 is 0 Å². The first-order valence-corrected chi connectivity index (χ1v) is 8.29. The van der Waals surface area contributed by atoms with Gasteiger partial charge in [0.15, 0.2) is 0 Å². The molecule has 0 fully saturated rings. The molecular weight excluding hydrogens is 348 g/mol. The van der Waals surface area contributed by atoms with E-state index >= 15 is 0 Å². The minimum absolute atomic E-state index is 0.114. The van der Waals surface area contributed by atoms with E-state index < -0.39 is 23.0 Å². The van der Waals surface area contributed by atoms with Crippen LogP contribution < -0.4 is 11.1 Å². The summed E-state index contributed by atoms with van der Waals surface area (Å²) in [5.41, 5.74) is 6.82. The standard InChI is InChI=1S/C19H18N4O4/c20-11-17(18(27-23(25)26)13-4-2-1-3-5-13)19(24)22-16-7-6-15-12-21-9-8-14(15)10-16/h1-10,12,17-18H,11,20H2,(H,22,24). The summed E-state index contributed by atoms with van der Waals surface area (Å²) in [7, 11) is 0. The Morgan fingerprint density at radius 1 is 1.19 bits per heavy atom. The van der Waals surface area contributed by atoms with Crippen molar-refractivity contribution in [3.63, 3.8) is 0 Å². The maximum absolute atomic E-state index is 12.8. The van der Waals surface area contributed by atoms with Gasteiger partial charge in [0, 0.05) is 30.0 Å². The van der Waals surface area contributed by atoms with E-state index in [1.807, 2.05) is 12.1 Å². The summed E-state index contributed by atoms with van der Waals surface area (Å²) >= 11 is 0. The Hall–Kier alpha value is -3.52. The second-order valence-electron chi connectivity index (χ2n) is 5.93. The zero-order valence-corrected chi connectivity index (χ0v) is 14.3. The van der Waals surface area contributed by atoms with E-state index in [-0.39, 0.29) is 6.54 Å². The van der Waals surface area contributed by atoms with Gasteiger partial charge in [0.1, 0.15) is 6.10 Å². The number of carbonyl (C=O) groups excluding carboxylic acids is 1. The van der Waals surface area contributed by atoms with Gasteiger partial charge in [-0.3, -0.25) is 9.78 Å². The number of anilines is 1. The van der Waals surface area contributed by atoms with Gasteiger partial charge in [-0.05, 0) is 29.1 Å². The fourth-order valence-corrected chi connectivity index (χ4v) is 2.87. The lowest BCUT2D eigenvalue weighted by Crippen LogP contribution is -2.36. The number of amides is 1. The van der Waals surface area contributed by atoms with Gasteiger partial charge < -0.3 is 15.9 Å². The number of nitrogens with zero attached hydrogens (tertiary/aromatic N) is 2. The molecule has 3 aromatic rings. The van der Waals surface area contributed by atoms with Crippen molar-refractivity contribution in [2.75, 3.05) is 11.9 Å². The van der Waals surface area contributed by atoms with Gasteiger partial charge in [0.25, 0.3) is 5.09 Å². The Morgan fingerprint density at radius 2 is 1.96 bits per heavy atom. The van der Waals surface area contributed by atoms with Crippen LogP contribution in [0.4, 0.5) is 5.69 Å². The Kier molecular flexibility index (Phi) is 5.58. The molecule has 27 heavy (non-hydrogen) atoms. The molecular formula is C19H18N4O4. The van der Waals surface area contributed by atoms with Gasteiger partial charge in [0.05, 0.1) is 5.92 Å². The summed E-state index contributed by atoms with van der Waals surface area (Å²) in [6.45, 7) is -0.114. The number of carbonyl (C=O) groups is 1. The number of aromatic nitrogens is 1. The maximum Gasteiger partial charge on any atom is 0.295 e. The van der Waals surface area contributed by atoms with Crippen LogP contribution in [0.2, 0.25) is 0 Å². The summed E-state index contributed by atoms with van der Waals surface area (Å²) in [5, 5.41) is 14.6. The molecule has 0 saturated heterocycles. The average Bonchev–Trinajstić information content (AvgIpc) is 2.68. The van der Waals surface area contributed by atoms with Crippen molar-refractivity contribution in [1.29, 1.82) is 0 Å². The molecule has 8 nitrogen and oxygen atoms in total. The quantitative estimate of drug-likeness (QED) is 0.490. The van der Waals surface area contributed by atoms with Gasteiger partial charge in [0.2, 0.25) is 5.91 Å². The number of hydrogen-bond acceptors (Lipinski definition) is 6. The summed E-state index contributed by atoms with van der Waals surface area (Å²) in [6.07, 6.45) is 2.28. The van der Waals surface area contributed by atoms with E-state index in [1.165, 1.54) is 0 Å². The summed E-state index contributed by atoms with van der Waals surface area (Å²) in [5.74, 6) is -1.40. The van der Waals surface area contributed by atoms with Crippen LogP contribution in [0.25, 0.3) is 10.8 Å². The van der Waals surface area contributed by atoms with E-state index in [0.717, 1.165) is 10.8 Å². The Balaban J connectivity index is 1.85. The highest BCUT2D eigenvalue weighted by atomic mass is 17.0. The number of nitrogens with one attached hydrogen (secondary N) is 1. The van der Waals surface area contributed by atoms with Crippen molar-refractivity contribution >= 4 is 22.4 Å². The Bertz CT molecular complexity index is 949. The molecule has 3 N–H and O–H groups in total. The fourth-order valence-electron chi connectivity index (χ4n) is 2.87. The smallest absolute Gasteiger partial charge is 0.295 e. The SMILES string of the molecule is NCC(C(=O)Nc1ccc2cnccc2c1)C(O[N+](=O)[O-])c1ccccc1. The molecule has 0 aliphatic carbocycles. The van der Waals surface area contributed by atoms with Crippen molar-refractivity contribution in [3.8, 4) is 0 Å². The number of hydrogen-bond donors (Lipinski definition) is 2. The number of benzene rings is 2. The third-order valence-electron chi connectivity index (χ3n) is 4.19. The van der Waals surface area contributed by atoms with Crippen molar-refractivity contribution in [3.05, 3.63) is 82.7 Å². The second kappa shape index (κ2) is 8.24. The van der Waals surface area contributed by atoms with Gasteiger partial charge in [-0.25, -0.2) is 0 Å². The highest BCUT2D eigenvalue weighted by Gasteiger charge is 2.31. The molecule has 0 spiro atoms. The molecule has 8 heteroatoms. The molecule has 2 atom stereocenters. The molecule has 1 aromatic heterocycles. The van der Waals surface area contributed by atoms with Crippen molar-refractivity contribution in [1.82, 2.24) is 4.98 Å². The van der Waals surface area contributed by atoms with E-state index in [0.29, 0.717) is 11.3 Å². The lowest BCUT2D eigenvalue weighted by Gasteiger charge is -2.24. The van der Waals surface area contributed by atoms with E-state index in [1.54, 1.807) is 54.9 Å². The first kappa shape index (κ1) is 18.3. The molecule has 0 bridgehead atoms. The third-order valence-corrected chi connectivity index (χ3v) is 4.19. The molecule has 0 radical (unpaired) electrons. The van der Waals surface area contributed by atoms with Crippen LogP contribution in [-0.4, -0.2) is 22.5 Å². The normalized spacial score (nSPS) is 12.9. The molecule has 138 valence electrons. The average molecular weight is 366 g/mol. The van der Waals surface area contributed by atoms with E-state index in [4.69, 9.17) is 10.6 Å². The lowest BCUT2D eigenvalue weighted by molar-refractivity contribution is -0.772. The molecule has 0 aliphatic rings. The van der Waals surface area contributed by atoms with Crippen LogP contribution in [0.3, 0.4) is 0 Å². The van der Waals surface area contributed by atoms with Crippen LogP contribution >= 0.6 is 0 Å². The van der Waals surface area contributed by atoms with E-state index in [9.17, 15) is 14.9 Å². The predicted molar refractivity (Wildman–Crippen MR) is 100 cm³/mol. The van der Waals surface area contributed by atoms with Gasteiger partial charge in [-0.15, -0.1) is 10.1 Å². The number of nitrogens with two attached hydrogens (primary N) is 1. The van der Waals surface area contributed by atoms with Crippen molar-refractivity contribution < 1.29 is 14.7 Å². The number of fused-ring (bicyclic) bond motifs is 1. The first-order valence-electron chi connectivity index (χ1n) is 8.29. The molecule has 1 heterocycles. The molecule has 2 aromatic carbocycles. The Morgan fingerprint density at radius 3 is 2.67 bits per heavy atom. The Labute approximate surface area is 155 Å². The first-order chi connectivity index (χ1) is 13.1. The fraction of sp³-hybridized carbons (Fsp3) is 0.158. The highest BCUT2D eigenvalue weighted by Crippen LogP contribution is 2.27. The largest absolute Gasteiger partial charge is 0.330 e. The molecule has 0 saturated carbocycles. The topological polar surface area (TPSA) is 120 Å². The molecule has 3 rings (SSSR count). The highest BCUT2D eigenvalue weighted by molar-refractivity contribution is 5.95. The summed E-state index contributed by atoms with van der Waals surface area (Å²) in [6, 6.07) is 15.7. The van der Waals surface area contributed by atoms with Crippen LogP contribution in [-0.2, 0) is 9.63 Å². The van der Waals surface area contributed by atoms with Crippen molar-refractivity contribution in [2.45, 2.75) is 6.10 Å². The molecule has 2 unspecified atom stereocenters. The van der Waals surface area contributed by atoms with Crippen molar-refractivity contribution in [2.24, 2.45) is 11.7 Å². The summed E-state index contributed by atoms with van der Waals surface area (Å²) in [4.78, 5) is 32.5. The number of pyridine rings is 1. The third kappa shape index (κ3) is 4.36.